The van der Waals surface area contributed by atoms with Gasteiger partial charge in [-0.1, -0.05) is 72.2 Å². The van der Waals surface area contributed by atoms with E-state index < -0.39 is 0 Å². The second-order valence-electron chi connectivity index (χ2n) is 6.26. The van der Waals surface area contributed by atoms with Crippen LogP contribution in [-0.4, -0.2) is 0 Å². The highest BCUT2D eigenvalue weighted by molar-refractivity contribution is 5.82. The maximum Gasteiger partial charge on any atom is 0.0284 e. The summed E-state index contributed by atoms with van der Waals surface area (Å²) in [7, 11) is 0. The predicted octanol–water partition coefficient (Wildman–Crippen LogP) is 5.47. The summed E-state index contributed by atoms with van der Waals surface area (Å²) in [6, 6.07) is 26.7. The van der Waals surface area contributed by atoms with E-state index in [1.807, 2.05) is 54.6 Å². The Kier molecular flexibility index (Phi) is 4.68. The van der Waals surface area contributed by atoms with Crippen molar-refractivity contribution in [2.45, 2.75) is 12.8 Å². The third kappa shape index (κ3) is 3.77. The number of rotatable bonds is 0. The van der Waals surface area contributed by atoms with Gasteiger partial charge >= 0.3 is 0 Å². The average Bonchev–Trinajstić information content (AvgIpc) is 2.72. The second-order valence-corrected chi connectivity index (χ2v) is 6.26. The van der Waals surface area contributed by atoms with Crippen LogP contribution in [0.25, 0.3) is 5.57 Å². The molecule has 0 nitrogen and oxygen atoms in total. The minimum absolute atomic E-state index is 1.00. The molecule has 0 unspecified atom stereocenters. The summed E-state index contributed by atoms with van der Waals surface area (Å²) in [4.78, 5) is 0. The molecule has 0 spiro atoms. The van der Waals surface area contributed by atoms with Crippen molar-refractivity contribution in [3.8, 4) is 23.7 Å². The smallest absolute Gasteiger partial charge is 0.0284 e. The molecular weight excluding hydrogens is 312 g/mol. The van der Waals surface area contributed by atoms with E-state index in [9.17, 15) is 0 Å². The summed E-state index contributed by atoms with van der Waals surface area (Å²) in [5.41, 5.74) is 6.85. The minimum atomic E-state index is 1.00. The van der Waals surface area contributed by atoms with Crippen molar-refractivity contribution in [2.75, 3.05) is 0 Å². The molecule has 0 amide bonds. The standard InChI is InChI=1S/C26H18/c1-2-7-21(8-3-1)13-14-22-15-17-23(18-16-22)19-20-25-11-6-10-24-9-4-5-12-26(24)25/h1-5,7-9,11-12,15-18H,6,10H2. The summed E-state index contributed by atoms with van der Waals surface area (Å²) >= 11 is 0. The van der Waals surface area contributed by atoms with Gasteiger partial charge in [-0.15, -0.1) is 0 Å². The number of benzene rings is 3. The van der Waals surface area contributed by atoms with Crippen molar-refractivity contribution in [1.82, 2.24) is 0 Å². The van der Waals surface area contributed by atoms with Gasteiger partial charge in [0.05, 0.1) is 0 Å². The van der Waals surface area contributed by atoms with Gasteiger partial charge in [-0.2, -0.15) is 0 Å². The van der Waals surface area contributed by atoms with Gasteiger partial charge < -0.3 is 0 Å². The van der Waals surface area contributed by atoms with E-state index in [0.29, 0.717) is 0 Å². The van der Waals surface area contributed by atoms with E-state index >= 15 is 0 Å². The maximum atomic E-state index is 3.35. The van der Waals surface area contributed by atoms with Gasteiger partial charge in [0.2, 0.25) is 0 Å². The zero-order chi connectivity index (χ0) is 17.6. The number of aryl methyl sites for hydroxylation is 1. The molecule has 1 aliphatic carbocycles. The van der Waals surface area contributed by atoms with Crippen LogP contribution < -0.4 is 0 Å². The van der Waals surface area contributed by atoms with E-state index in [0.717, 1.165) is 35.1 Å². The fourth-order valence-electron chi connectivity index (χ4n) is 3.04. The van der Waals surface area contributed by atoms with Gasteiger partial charge in [0.15, 0.2) is 0 Å². The summed E-state index contributed by atoms with van der Waals surface area (Å²) in [5, 5.41) is 0. The Hall–Kier alpha value is -3.48. The molecule has 0 saturated heterocycles. The number of hydrogen-bond acceptors (Lipinski definition) is 0. The highest BCUT2D eigenvalue weighted by Gasteiger charge is 2.09. The van der Waals surface area contributed by atoms with Crippen molar-refractivity contribution in [1.29, 1.82) is 0 Å². The van der Waals surface area contributed by atoms with Gasteiger partial charge in [-0.3, -0.25) is 0 Å². The van der Waals surface area contributed by atoms with E-state index in [-0.39, 0.29) is 0 Å². The molecule has 0 saturated carbocycles. The lowest BCUT2D eigenvalue weighted by molar-refractivity contribution is 0.981. The number of hydrogen-bond donors (Lipinski definition) is 0. The molecule has 0 aromatic heterocycles. The first kappa shape index (κ1) is 16.0. The molecule has 0 aliphatic heterocycles. The Morgan fingerprint density at radius 3 is 1.85 bits per heavy atom. The second kappa shape index (κ2) is 7.60. The zero-order valence-corrected chi connectivity index (χ0v) is 14.5. The molecule has 0 fully saturated rings. The summed E-state index contributed by atoms with van der Waals surface area (Å²) < 4.78 is 0. The maximum absolute atomic E-state index is 3.35. The van der Waals surface area contributed by atoms with Crippen molar-refractivity contribution in [3.05, 3.63) is 113 Å². The molecule has 0 heteroatoms. The first-order chi connectivity index (χ1) is 12.9. The Bertz CT molecular complexity index is 1060. The molecule has 3 aromatic carbocycles. The van der Waals surface area contributed by atoms with Crippen molar-refractivity contribution in [3.63, 3.8) is 0 Å². The molecule has 4 rings (SSSR count). The summed E-state index contributed by atoms with van der Waals surface area (Å²) in [5.74, 6) is 13.0. The normalized spacial score (nSPS) is 11.9. The molecule has 0 atom stereocenters. The quantitative estimate of drug-likeness (QED) is 0.480. The Labute approximate surface area is 155 Å². The molecule has 1 aliphatic rings. The lowest BCUT2D eigenvalue weighted by Gasteiger charge is -2.13. The van der Waals surface area contributed by atoms with Crippen LogP contribution in [0.2, 0.25) is 0 Å². The molecule has 0 heterocycles. The van der Waals surface area contributed by atoms with Crippen LogP contribution in [0.4, 0.5) is 0 Å². The monoisotopic (exact) mass is 330 g/mol. The van der Waals surface area contributed by atoms with Crippen LogP contribution in [0.5, 0.6) is 0 Å². The van der Waals surface area contributed by atoms with Crippen LogP contribution in [-0.2, 0) is 6.42 Å². The Balaban J connectivity index is 1.52. The molecule has 0 bridgehead atoms. The fraction of sp³-hybridized carbons (Fsp3) is 0.0769. The van der Waals surface area contributed by atoms with Crippen molar-refractivity contribution in [2.24, 2.45) is 0 Å². The minimum Gasteiger partial charge on any atom is -0.0678 e. The fourth-order valence-corrected chi connectivity index (χ4v) is 3.04. The van der Waals surface area contributed by atoms with Crippen LogP contribution in [0.1, 0.15) is 34.2 Å². The first-order valence-electron chi connectivity index (χ1n) is 8.86. The molecule has 122 valence electrons. The van der Waals surface area contributed by atoms with Gasteiger partial charge in [-0.25, -0.2) is 0 Å². The van der Waals surface area contributed by atoms with Crippen LogP contribution in [0, 0.1) is 23.7 Å². The third-order valence-corrected chi connectivity index (χ3v) is 4.42. The lowest BCUT2D eigenvalue weighted by Crippen LogP contribution is -1.97. The molecule has 3 aromatic rings. The number of allylic oxidation sites excluding steroid dienone is 2. The molecule has 0 radical (unpaired) electrons. The van der Waals surface area contributed by atoms with E-state index in [4.69, 9.17) is 0 Å². The van der Waals surface area contributed by atoms with Gasteiger partial charge in [0, 0.05) is 22.3 Å². The summed E-state index contributed by atoms with van der Waals surface area (Å²) in [6.07, 6.45) is 4.42. The first-order valence-corrected chi connectivity index (χ1v) is 8.86. The topological polar surface area (TPSA) is 0 Å². The Morgan fingerprint density at radius 1 is 0.538 bits per heavy atom. The van der Waals surface area contributed by atoms with Crippen LogP contribution >= 0.6 is 0 Å². The van der Waals surface area contributed by atoms with Crippen molar-refractivity contribution < 1.29 is 0 Å². The van der Waals surface area contributed by atoms with Gasteiger partial charge in [0.25, 0.3) is 0 Å². The SMILES string of the molecule is C(#Cc1ccc(C#Cc2ccccc2)cc1)C1=CCCc2ccccc21. The average molecular weight is 330 g/mol. The largest absolute Gasteiger partial charge is 0.0678 e. The van der Waals surface area contributed by atoms with E-state index in [1.165, 1.54) is 11.1 Å². The number of fused-ring (bicyclic) bond motifs is 1. The van der Waals surface area contributed by atoms with Crippen LogP contribution in [0.3, 0.4) is 0 Å². The zero-order valence-electron chi connectivity index (χ0n) is 14.5. The van der Waals surface area contributed by atoms with E-state index in [1.54, 1.807) is 0 Å². The van der Waals surface area contributed by atoms with Crippen molar-refractivity contribution >= 4 is 5.57 Å². The van der Waals surface area contributed by atoms with Gasteiger partial charge in [-0.05, 0) is 60.4 Å². The summed E-state index contributed by atoms with van der Waals surface area (Å²) in [6.45, 7) is 0. The molecule has 26 heavy (non-hydrogen) atoms. The predicted molar refractivity (Wildman–Crippen MR) is 108 cm³/mol. The van der Waals surface area contributed by atoms with Gasteiger partial charge in [0.1, 0.15) is 0 Å². The Morgan fingerprint density at radius 2 is 1.12 bits per heavy atom. The third-order valence-electron chi connectivity index (χ3n) is 4.42. The highest BCUT2D eigenvalue weighted by atomic mass is 14.1. The van der Waals surface area contributed by atoms with Crippen LogP contribution in [0.15, 0.2) is 84.9 Å². The molecule has 0 N–H and O–H groups in total. The highest BCUT2D eigenvalue weighted by Crippen LogP contribution is 2.25. The molecular formula is C26H18. The lowest BCUT2D eigenvalue weighted by atomic mass is 9.91. The van der Waals surface area contributed by atoms with E-state index in [2.05, 4.69) is 54.0 Å².